The Balaban J connectivity index is 2.02. The van der Waals surface area contributed by atoms with Gasteiger partial charge in [0.05, 0.1) is 12.6 Å². The number of benzene rings is 2. The summed E-state index contributed by atoms with van der Waals surface area (Å²) in [7, 11) is -2.44. The minimum Gasteiger partial charge on any atom is -0.479 e. The van der Waals surface area contributed by atoms with Gasteiger partial charge < -0.3 is 9.53 Å². The molecule has 2 aromatic rings. The molecule has 1 aliphatic heterocycles. The van der Waals surface area contributed by atoms with Crippen LogP contribution in [0.4, 0.5) is 0 Å². The van der Waals surface area contributed by atoms with Crippen LogP contribution in [0.15, 0.2) is 48.5 Å². The van der Waals surface area contributed by atoms with Gasteiger partial charge in [0.1, 0.15) is 6.04 Å². The third kappa shape index (κ3) is 5.10. The molecule has 2 aromatic carbocycles. The molecule has 8 heteroatoms. The van der Waals surface area contributed by atoms with E-state index in [-0.39, 0.29) is 23.4 Å². The third-order valence-corrected chi connectivity index (χ3v) is 11.4. The SMILES string of the molecule is CC(C)(C)[Si](C)(C)OC(C(=O)O)C1C(=O)CN1C(c1ccc(Cl)cc1)c1ccc(Cl)cc1. The number of carboxylic acid groups (broad SMARTS) is 1. The summed E-state index contributed by atoms with van der Waals surface area (Å²) in [6, 6.07) is 13.5. The van der Waals surface area contributed by atoms with Gasteiger partial charge in [-0.2, -0.15) is 0 Å². The summed E-state index contributed by atoms with van der Waals surface area (Å²) in [6.45, 7) is 10.3. The van der Waals surface area contributed by atoms with Gasteiger partial charge in [0.15, 0.2) is 20.2 Å². The molecular formula is C24H29Cl2NO4Si. The number of rotatable bonds is 7. The Hall–Kier alpha value is -1.70. The summed E-state index contributed by atoms with van der Waals surface area (Å²) in [6.07, 6.45) is -1.24. The molecule has 0 bridgehead atoms. The normalized spacial score (nSPS) is 18.5. The quantitative estimate of drug-likeness (QED) is 0.492. The van der Waals surface area contributed by atoms with Crippen LogP contribution in [-0.4, -0.2) is 48.8 Å². The molecule has 0 aromatic heterocycles. The van der Waals surface area contributed by atoms with Crippen molar-refractivity contribution >= 4 is 43.3 Å². The number of halogens is 2. The van der Waals surface area contributed by atoms with Gasteiger partial charge in [-0.15, -0.1) is 0 Å². The molecule has 32 heavy (non-hydrogen) atoms. The highest BCUT2D eigenvalue weighted by molar-refractivity contribution is 6.74. The zero-order valence-electron chi connectivity index (χ0n) is 18.9. The van der Waals surface area contributed by atoms with Crippen molar-refractivity contribution in [2.24, 2.45) is 0 Å². The number of aliphatic carboxylic acids is 1. The minimum absolute atomic E-state index is 0.135. The number of carbonyl (C=O) groups excluding carboxylic acids is 1. The number of carbonyl (C=O) groups is 2. The summed E-state index contributed by atoms with van der Waals surface area (Å²) >= 11 is 12.2. The molecule has 2 unspecified atom stereocenters. The fourth-order valence-corrected chi connectivity index (χ4v) is 5.12. The van der Waals surface area contributed by atoms with E-state index in [2.05, 4.69) is 0 Å². The maximum absolute atomic E-state index is 12.8. The zero-order chi connectivity index (χ0) is 23.8. The van der Waals surface area contributed by atoms with Crippen LogP contribution in [0.5, 0.6) is 0 Å². The van der Waals surface area contributed by atoms with E-state index in [1.54, 1.807) is 24.3 Å². The number of ketones is 1. The van der Waals surface area contributed by atoms with Crippen molar-refractivity contribution in [3.63, 3.8) is 0 Å². The van der Waals surface area contributed by atoms with Crippen molar-refractivity contribution in [1.82, 2.24) is 4.90 Å². The Morgan fingerprint density at radius 1 is 1.03 bits per heavy atom. The Labute approximate surface area is 200 Å². The molecule has 1 N–H and O–H groups in total. The van der Waals surface area contributed by atoms with Gasteiger partial charge >= 0.3 is 5.97 Å². The molecule has 1 aliphatic rings. The van der Waals surface area contributed by atoms with E-state index in [4.69, 9.17) is 27.6 Å². The van der Waals surface area contributed by atoms with Crippen molar-refractivity contribution in [3.05, 3.63) is 69.7 Å². The Morgan fingerprint density at radius 2 is 1.47 bits per heavy atom. The number of hydrogen-bond acceptors (Lipinski definition) is 4. The lowest BCUT2D eigenvalue weighted by Crippen LogP contribution is -2.67. The maximum atomic E-state index is 12.8. The van der Waals surface area contributed by atoms with Crippen LogP contribution in [0.3, 0.4) is 0 Å². The van der Waals surface area contributed by atoms with E-state index in [0.717, 1.165) is 11.1 Å². The molecule has 3 rings (SSSR count). The van der Waals surface area contributed by atoms with Crippen molar-refractivity contribution in [1.29, 1.82) is 0 Å². The lowest BCUT2D eigenvalue weighted by atomic mass is 9.87. The fraction of sp³-hybridized carbons (Fsp3) is 0.417. The first-order valence-electron chi connectivity index (χ1n) is 10.5. The molecule has 1 fully saturated rings. The third-order valence-electron chi connectivity index (χ3n) is 6.49. The number of hydrogen-bond donors (Lipinski definition) is 1. The number of carboxylic acids is 1. The molecule has 1 saturated heterocycles. The summed E-state index contributed by atoms with van der Waals surface area (Å²) < 4.78 is 6.26. The van der Waals surface area contributed by atoms with Crippen LogP contribution in [0.2, 0.25) is 28.2 Å². The smallest absolute Gasteiger partial charge is 0.333 e. The number of nitrogens with zero attached hydrogens (tertiary/aromatic N) is 1. The average molecular weight is 494 g/mol. The van der Waals surface area contributed by atoms with Crippen LogP contribution in [0, 0.1) is 0 Å². The summed E-state index contributed by atoms with van der Waals surface area (Å²) in [5.74, 6) is -1.26. The molecule has 0 radical (unpaired) electrons. The van der Waals surface area contributed by atoms with Gasteiger partial charge in [-0.1, -0.05) is 68.2 Å². The first-order chi connectivity index (χ1) is 14.8. The van der Waals surface area contributed by atoms with Crippen LogP contribution in [-0.2, 0) is 14.0 Å². The highest BCUT2D eigenvalue weighted by Gasteiger charge is 2.53. The molecule has 5 nitrogen and oxygen atoms in total. The molecule has 0 aliphatic carbocycles. The molecular weight excluding hydrogens is 465 g/mol. The van der Waals surface area contributed by atoms with Gasteiger partial charge in [0.2, 0.25) is 0 Å². The van der Waals surface area contributed by atoms with Gasteiger partial charge in [0.25, 0.3) is 0 Å². The predicted octanol–water partition coefficient (Wildman–Crippen LogP) is 5.81. The first kappa shape index (κ1) is 24.9. The molecule has 1 heterocycles. The van der Waals surface area contributed by atoms with Crippen LogP contribution in [0.1, 0.15) is 37.9 Å². The molecule has 172 valence electrons. The van der Waals surface area contributed by atoms with E-state index >= 15 is 0 Å². The van der Waals surface area contributed by atoms with E-state index in [1.807, 2.05) is 63.0 Å². The fourth-order valence-electron chi connectivity index (χ4n) is 3.65. The first-order valence-corrected chi connectivity index (χ1v) is 14.2. The summed E-state index contributed by atoms with van der Waals surface area (Å²) in [5, 5.41) is 11.1. The minimum atomic E-state index is -2.44. The van der Waals surface area contributed by atoms with Crippen molar-refractivity contribution in [2.45, 2.75) is 57.1 Å². The van der Waals surface area contributed by atoms with Crippen LogP contribution >= 0.6 is 23.2 Å². The molecule has 0 amide bonds. The van der Waals surface area contributed by atoms with Crippen LogP contribution in [0.25, 0.3) is 0 Å². The lowest BCUT2D eigenvalue weighted by molar-refractivity contribution is -0.161. The summed E-state index contributed by atoms with van der Waals surface area (Å²) in [4.78, 5) is 27.0. The van der Waals surface area contributed by atoms with Crippen molar-refractivity contribution in [2.75, 3.05) is 6.54 Å². The van der Waals surface area contributed by atoms with Crippen molar-refractivity contribution < 1.29 is 19.1 Å². The van der Waals surface area contributed by atoms with E-state index in [1.165, 1.54) is 0 Å². The second-order valence-electron chi connectivity index (χ2n) is 9.73. The highest BCUT2D eigenvalue weighted by Crippen LogP contribution is 2.41. The molecule has 2 atom stereocenters. The monoisotopic (exact) mass is 493 g/mol. The second-order valence-corrected chi connectivity index (χ2v) is 15.4. The van der Waals surface area contributed by atoms with Crippen molar-refractivity contribution in [3.8, 4) is 0 Å². The molecule has 0 spiro atoms. The second kappa shape index (κ2) is 9.27. The van der Waals surface area contributed by atoms with E-state index in [9.17, 15) is 14.7 Å². The number of likely N-dealkylation sites (tertiary alicyclic amines) is 1. The largest absolute Gasteiger partial charge is 0.479 e. The number of Topliss-reactive ketones (excluding diaryl/α,β-unsaturated/α-hetero) is 1. The van der Waals surface area contributed by atoms with Gasteiger partial charge in [-0.05, 0) is 53.5 Å². The molecule has 0 saturated carbocycles. The zero-order valence-corrected chi connectivity index (χ0v) is 21.4. The Kier molecular flexibility index (Phi) is 7.22. The van der Waals surface area contributed by atoms with Gasteiger partial charge in [-0.25, -0.2) is 4.79 Å². The van der Waals surface area contributed by atoms with E-state index < -0.39 is 26.4 Å². The average Bonchev–Trinajstić information content (AvgIpc) is 2.68. The van der Waals surface area contributed by atoms with E-state index in [0.29, 0.717) is 10.0 Å². The highest BCUT2D eigenvalue weighted by atomic mass is 35.5. The summed E-state index contributed by atoms with van der Waals surface area (Å²) in [5.41, 5.74) is 1.82. The Morgan fingerprint density at radius 3 is 1.81 bits per heavy atom. The van der Waals surface area contributed by atoms with Gasteiger partial charge in [-0.3, -0.25) is 9.69 Å². The van der Waals surface area contributed by atoms with Gasteiger partial charge in [0, 0.05) is 10.0 Å². The standard InChI is InChI=1S/C24H29Cl2NO4Si/c1-24(2,3)32(4,5)31-22(23(29)30)21-19(28)14-27(21)20(15-6-10-17(25)11-7-15)16-8-12-18(26)13-9-16/h6-13,20-22H,14H2,1-5H3,(H,29,30). The Bertz CT molecular complexity index is 941. The van der Waals surface area contributed by atoms with Crippen LogP contribution < -0.4 is 0 Å². The lowest BCUT2D eigenvalue weighted by Gasteiger charge is -2.49. The predicted molar refractivity (Wildman–Crippen MR) is 130 cm³/mol. The maximum Gasteiger partial charge on any atom is 0.333 e. The topological polar surface area (TPSA) is 66.8 Å².